The fourth-order valence-electron chi connectivity index (χ4n) is 4.57. The van der Waals surface area contributed by atoms with E-state index in [4.69, 9.17) is 0 Å². The van der Waals surface area contributed by atoms with E-state index >= 15 is 0 Å². The van der Waals surface area contributed by atoms with Crippen LogP contribution in [0.15, 0.2) is 36.4 Å². The van der Waals surface area contributed by atoms with Crippen molar-refractivity contribution < 1.29 is 4.57 Å². The zero-order valence-corrected chi connectivity index (χ0v) is 13.2. The molecule has 0 atom stereocenters. The zero-order chi connectivity index (χ0) is 14.4. The highest BCUT2D eigenvalue weighted by Crippen LogP contribution is 2.48. The van der Waals surface area contributed by atoms with Gasteiger partial charge in [-0.25, -0.2) is 0 Å². The lowest BCUT2D eigenvalue weighted by Crippen LogP contribution is -2.37. The molecule has 2 aliphatic carbocycles. The van der Waals surface area contributed by atoms with E-state index in [0.717, 1.165) is 0 Å². The Morgan fingerprint density at radius 2 is 1.71 bits per heavy atom. The second-order valence-electron chi connectivity index (χ2n) is 7.13. The molecule has 1 spiro atoms. The van der Waals surface area contributed by atoms with E-state index in [2.05, 4.69) is 54.9 Å². The molecule has 1 aromatic carbocycles. The van der Waals surface area contributed by atoms with Crippen LogP contribution in [-0.2, 0) is 19.9 Å². The van der Waals surface area contributed by atoms with Crippen LogP contribution in [0.2, 0.25) is 0 Å². The van der Waals surface area contributed by atoms with Crippen LogP contribution in [0.4, 0.5) is 0 Å². The SMILES string of the molecule is Cc1ccccc1-c1ccc2c([n+]1C)CC1(CCCC1)C2. The standard InChI is InChI=1S/C20H24N/c1-15-7-3-4-8-17(15)18-10-9-16-13-20(11-5-6-12-20)14-19(16)21(18)2/h3-4,7-10H,5-6,11-14H2,1-2H3/q+1. The largest absolute Gasteiger partial charge is 0.212 e. The van der Waals surface area contributed by atoms with Gasteiger partial charge in [0.1, 0.15) is 7.05 Å². The Balaban J connectivity index is 1.80. The molecule has 1 nitrogen and oxygen atoms in total. The van der Waals surface area contributed by atoms with E-state index in [1.165, 1.54) is 55.3 Å². The minimum absolute atomic E-state index is 0.602. The van der Waals surface area contributed by atoms with Crippen molar-refractivity contribution in [2.24, 2.45) is 12.5 Å². The molecule has 0 radical (unpaired) electrons. The molecule has 2 aromatic rings. The molecule has 0 saturated heterocycles. The van der Waals surface area contributed by atoms with Gasteiger partial charge < -0.3 is 0 Å². The fourth-order valence-corrected chi connectivity index (χ4v) is 4.57. The van der Waals surface area contributed by atoms with Crippen molar-refractivity contribution in [2.75, 3.05) is 0 Å². The first-order valence-electron chi connectivity index (χ1n) is 8.25. The number of hydrogen-bond donors (Lipinski definition) is 0. The van der Waals surface area contributed by atoms with Crippen LogP contribution in [0.25, 0.3) is 11.3 Å². The molecule has 0 bridgehead atoms. The summed E-state index contributed by atoms with van der Waals surface area (Å²) in [6.07, 6.45) is 8.33. The summed E-state index contributed by atoms with van der Waals surface area (Å²) in [5.74, 6) is 0. The molecule has 0 N–H and O–H groups in total. The van der Waals surface area contributed by atoms with Gasteiger partial charge in [0, 0.05) is 23.6 Å². The van der Waals surface area contributed by atoms with Crippen LogP contribution in [-0.4, -0.2) is 0 Å². The Morgan fingerprint density at radius 3 is 2.48 bits per heavy atom. The van der Waals surface area contributed by atoms with Gasteiger partial charge in [-0.1, -0.05) is 31.0 Å². The van der Waals surface area contributed by atoms with Crippen molar-refractivity contribution >= 4 is 0 Å². The van der Waals surface area contributed by atoms with Crippen LogP contribution in [0, 0.1) is 12.3 Å². The monoisotopic (exact) mass is 278 g/mol. The first-order valence-corrected chi connectivity index (χ1v) is 8.25. The molecule has 1 fully saturated rings. The molecule has 108 valence electrons. The van der Waals surface area contributed by atoms with Crippen LogP contribution in [0.1, 0.15) is 42.5 Å². The lowest BCUT2D eigenvalue weighted by Gasteiger charge is -2.20. The number of pyridine rings is 1. The van der Waals surface area contributed by atoms with Gasteiger partial charge in [-0.15, -0.1) is 0 Å². The molecule has 1 aromatic heterocycles. The summed E-state index contributed by atoms with van der Waals surface area (Å²) < 4.78 is 2.46. The fraction of sp³-hybridized carbons (Fsp3) is 0.450. The molecule has 21 heavy (non-hydrogen) atoms. The predicted molar refractivity (Wildman–Crippen MR) is 86.1 cm³/mol. The van der Waals surface area contributed by atoms with Crippen molar-refractivity contribution in [3.05, 3.63) is 53.2 Å². The molecular weight excluding hydrogens is 254 g/mol. The second kappa shape index (κ2) is 4.69. The Labute approximate surface area is 127 Å². The van der Waals surface area contributed by atoms with E-state index in [1.807, 2.05) is 0 Å². The zero-order valence-electron chi connectivity index (χ0n) is 13.2. The molecular formula is C20H24N+. The van der Waals surface area contributed by atoms with Gasteiger partial charge in [-0.2, -0.15) is 4.57 Å². The number of benzene rings is 1. The number of fused-ring (bicyclic) bond motifs is 1. The van der Waals surface area contributed by atoms with E-state index in [1.54, 1.807) is 11.3 Å². The van der Waals surface area contributed by atoms with Crippen molar-refractivity contribution in [3.8, 4) is 11.3 Å². The van der Waals surface area contributed by atoms with Crippen molar-refractivity contribution in [1.82, 2.24) is 0 Å². The summed E-state index contributed by atoms with van der Waals surface area (Å²) in [5.41, 5.74) is 7.87. The van der Waals surface area contributed by atoms with E-state index in [-0.39, 0.29) is 0 Å². The second-order valence-corrected chi connectivity index (χ2v) is 7.13. The summed E-state index contributed by atoms with van der Waals surface area (Å²) in [5, 5.41) is 0. The molecule has 0 unspecified atom stereocenters. The smallest absolute Gasteiger partial charge is 0.198 e. The maximum Gasteiger partial charge on any atom is 0.212 e. The van der Waals surface area contributed by atoms with Crippen LogP contribution in [0.5, 0.6) is 0 Å². The van der Waals surface area contributed by atoms with Gasteiger partial charge in [0.25, 0.3) is 0 Å². The summed E-state index contributed by atoms with van der Waals surface area (Å²) in [4.78, 5) is 0. The minimum atomic E-state index is 0.602. The quantitative estimate of drug-likeness (QED) is 0.690. The Morgan fingerprint density at radius 1 is 0.952 bits per heavy atom. The number of hydrogen-bond acceptors (Lipinski definition) is 0. The van der Waals surface area contributed by atoms with Gasteiger partial charge in [-0.3, -0.25) is 0 Å². The third kappa shape index (κ3) is 2.02. The lowest BCUT2D eigenvalue weighted by molar-refractivity contribution is -0.668. The lowest BCUT2D eigenvalue weighted by atomic mass is 9.83. The predicted octanol–water partition coefficient (Wildman–Crippen LogP) is 4.15. The third-order valence-corrected chi connectivity index (χ3v) is 5.77. The Bertz CT molecular complexity index is 693. The summed E-state index contributed by atoms with van der Waals surface area (Å²) in [6, 6.07) is 13.4. The van der Waals surface area contributed by atoms with Crippen molar-refractivity contribution in [3.63, 3.8) is 0 Å². The van der Waals surface area contributed by atoms with E-state index < -0.39 is 0 Å². The maximum absolute atomic E-state index is 2.46. The van der Waals surface area contributed by atoms with Crippen LogP contribution < -0.4 is 4.57 Å². The first kappa shape index (κ1) is 13.1. The molecule has 1 saturated carbocycles. The average Bonchev–Trinajstić information content (AvgIpc) is 3.08. The minimum Gasteiger partial charge on any atom is -0.198 e. The van der Waals surface area contributed by atoms with Crippen molar-refractivity contribution in [2.45, 2.75) is 45.4 Å². The summed E-state index contributed by atoms with van der Waals surface area (Å²) in [6.45, 7) is 2.21. The number of rotatable bonds is 1. The molecule has 0 amide bonds. The molecule has 1 heterocycles. The normalized spacial score (nSPS) is 19.1. The van der Waals surface area contributed by atoms with E-state index in [9.17, 15) is 0 Å². The molecule has 0 aliphatic heterocycles. The highest BCUT2D eigenvalue weighted by atomic mass is 15.0. The summed E-state index contributed by atoms with van der Waals surface area (Å²) in [7, 11) is 2.26. The highest BCUT2D eigenvalue weighted by Gasteiger charge is 2.43. The van der Waals surface area contributed by atoms with Gasteiger partial charge >= 0.3 is 0 Å². The maximum atomic E-state index is 2.46. The number of aryl methyl sites for hydroxylation is 1. The summed E-state index contributed by atoms with van der Waals surface area (Å²) >= 11 is 0. The average molecular weight is 278 g/mol. The van der Waals surface area contributed by atoms with Crippen LogP contribution in [0.3, 0.4) is 0 Å². The van der Waals surface area contributed by atoms with Crippen LogP contribution >= 0.6 is 0 Å². The van der Waals surface area contributed by atoms with Gasteiger partial charge in [0.2, 0.25) is 5.69 Å². The van der Waals surface area contributed by atoms with E-state index in [0.29, 0.717) is 5.41 Å². The topological polar surface area (TPSA) is 3.88 Å². The van der Waals surface area contributed by atoms with Crippen molar-refractivity contribution in [1.29, 1.82) is 0 Å². The highest BCUT2D eigenvalue weighted by molar-refractivity contribution is 5.61. The third-order valence-electron chi connectivity index (χ3n) is 5.77. The van der Waals surface area contributed by atoms with Gasteiger partial charge in [0.05, 0.1) is 0 Å². The molecule has 4 rings (SSSR count). The molecule has 1 heteroatoms. The Hall–Kier alpha value is -1.63. The first-order chi connectivity index (χ1) is 10.2. The number of aromatic nitrogens is 1. The van der Waals surface area contributed by atoms with Gasteiger partial charge in [0.15, 0.2) is 5.69 Å². The number of nitrogens with zero attached hydrogens (tertiary/aromatic N) is 1. The van der Waals surface area contributed by atoms with Gasteiger partial charge in [-0.05, 0) is 49.3 Å². The Kier molecular flexibility index (Phi) is 2.92. The molecule has 2 aliphatic rings.